The Kier molecular flexibility index (Phi) is 3.50. The molecule has 18 heavy (non-hydrogen) atoms. The van der Waals surface area contributed by atoms with Crippen LogP contribution < -0.4 is 10.5 Å². The van der Waals surface area contributed by atoms with E-state index in [-0.39, 0.29) is 28.0 Å². The molecular formula is C9H9ClN4O3S. The molecule has 0 saturated heterocycles. The van der Waals surface area contributed by atoms with Crippen LogP contribution in [0.25, 0.3) is 0 Å². The van der Waals surface area contributed by atoms with Crippen molar-refractivity contribution in [2.45, 2.75) is 11.4 Å². The Morgan fingerprint density at radius 3 is 2.89 bits per heavy atom. The molecule has 0 bridgehead atoms. The molecule has 0 aliphatic carbocycles. The van der Waals surface area contributed by atoms with Gasteiger partial charge in [0.15, 0.2) is 5.82 Å². The molecule has 2 aromatic rings. The molecule has 7 nitrogen and oxygen atoms in total. The molecule has 2 rings (SSSR count). The Morgan fingerprint density at radius 1 is 1.44 bits per heavy atom. The number of nitrogens with two attached hydrogens (primary N) is 1. The summed E-state index contributed by atoms with van der Waals surface area (Å²) in [7, 11) is -3.77. The van der Waals surface area contributed by atoms with Crippen molar-refractivity contribution >= 4 is 27.3 Å². The molecule has 1 aromatic carbocycles. The summed E-state index contributed by atoms with van der Waals surface area (Å²) < 4.78 is 30.7. The second kappa shape index (κ2) is 4.92. The van der Waals surface area contributed by atoms with E-state index in [1.54, 1.807) is 0 Å². The van der Waals surface area contributed by atoms with E-state index < -0.39 is 10.0 Å². The van der Waals surface area contributed by atoms with Gasteiger partial charge in [0.25, 0.3) is 0 Å². The number of anilines is 1. The van der Waals surface area contributed by atoms with E-state index in [1.807, 2.05) is 0 Å². The zero-order valence-corrected chi connectivity index (χ0v) is 10.6. The fourth-order valence-electron chi connectivity index (χ4n) is 1.25. The third-order valence-corrected chi connectivity index (χ3v) is 3.78. The number of nitrogen functional groups attached to an aromatic ring is 1. The van der Waals surface area contributed by atoms with Crippen LogP contribution in [0.3, 0.4) is 0 Å². The molecule has 0 atom stereocenters. The predicted octanol–water partition coefficient (Wildman–Crippen LogP) is 0.784. The number of halogens is 1. The average molecular weight is 289 g/mol. The van der Waals surface area contributed by atoms with Gasteiger partial charge >= 0.3 is 0 Å². The van der Waals surface area contributed by atoms with Gasteiger partial charge in [-0.15, -0.1) is 0 Å². The van der Waals surface area contributed by atoms with E-state index in [9.17, 15) is 8.42 Å². The van der Waals surface area contributed by atoms with Crippen molar-refractivity contribution in [3.05, 3.63) is 35.4 Å². The average Bonchev–Trinajstić information content (AvgIpc) is 2.83. The first-order chi connectivity index (χ1) is 8.49. The lowest BCUT2D eigenvalue weighted by atomic mass is 10.3. The Morgan fingerprint density at radius 2 is 2.22 bits per heavy atom. The zero-order valence-electron chi connectivity index (χ0n) is 9.00. The van der Waals surface area contributed by atoms with E-state index in [2.05, 4.69) is 19.4 Å². The summed E-state index contributed by atoms with van der Waals surface area (Å²) in [6, 6.07) is 4.20. The molecule has 0 amide bonds. The van der Waals surface area contributed by atoms with Crippen LogP contribution in [-0.4, -0.2) is 18.6 Å². The molecule has 0 saturated carbocycles. The minimum Gasteiger partial charge on any atom is -0.398 e. The molecule has 1 aromatic heterocycles. The number of rotatable bonds is 4. The summed E-state index contributed by atoms with van der Waals surface area (Å²) in [6.45, 7) is -0.0925. The molecule has 0 fully saturated rings. The maximum absolute atomic E-state index is 12.0. The van der Waals surface area contributed by atoms with Crippen molar-refractivity contribution in [2.24, 2.45) is 0 Å². The molecule has 0 unspecified atom stereocenters. The van der Waals surface area contributed by atoms with E-state index in [0.29, 0.717) is 0 Å². The van der Waals surface area contributed by atoms with E-state index in [4.69, 9.17) is 17.3 Å². The Labute approximate surface area is 108 Å². The summed E-state index contributed by atoms with van der Waals surface area (Å²) >= 11 is 5.74. The van der Waals surface area contributed by atoms with Crippen LogP contribution in [0, 0.1) is 0 Å². The largest absolute Gasteiger partial charge is 0.398 e. The number of hydrogen-bond donors (Lipinski definition) is 2. The number of aromatic nitrogens is 2. The van der Waals surface area contributed by atoms with Crippen LogP contribution in [0.1, 0.15) is 5.82 Å². The first kappa shape index (κ1) is 12.8. The maximum atomic E-state index is 12.0. The van der Waals surface area contributed by atoms with Crippen LogP contribution in [0.2, 0.25) is 5.02 Å². The van der Waals surface area contributed by atoms with Crippen LogP contribution in [0.5, 0.6) is 0 Å². The lowest BCUT2D eigenvalue weighted by Gasteiger charge is -2.07. The van der Waals surface area contributed by atoms with E-state index in [0.717, 1.165) is 6.39 Å². The van der Waals surface area contributed by atoms with Crippen molar-refractivity contribution in [3.63, 3.8) is 0 Å². The lowest BCUT2D eigenvalue weighted by molar-refractivity contribution is 0.409. The van der Waals surface area contributed by atoms with Gasteiger partial charge in [0.05, 0.1) is 12.2 Å². The molecule has 96 valence electrons. The normalized spacial score (nSPS) is 11.6. The van der Waals surface area contributed by atoms with Gasteiger partial charge in [0.1, 0.15) is 4.90 Å². The molecule has 0 radical (unpaired) electrons. The Hall–Kier alpha value is -1.64. The van der Waals surface area contributed by atoms with Crippen LogP contribution in [-0.2, 0) is 16.6 Å². The van der Waals surface area contributed by atoms with Crippen molar-refractivity contribution in [2.75, 3.05) is 5.73 Å². The number of nitrogens with zero attached hydrogens (tertiary/aromatic N) is 2. The highest BCUT2D eigenvalue weighted by molar-refractivity contribution is 7.89. The van der Waals surface area contributed by atoms with E-state index in [1.165, 1.54) is 18.2 Å². The Balaban J connectivity index is 2.22. The van der Waals surface area contributed by atoms with Gasteiger partial charge in [-0.1, -0.05) is 16.8 Å². The number of nitrogens with one attached hydrogen (secondary N) is 1. The van der Waals surface area contributed by atoms with E-state index >= 15 is 0 Å². The molecule has 0 aliphatic rings. The minimum atomic E-state index is -3.77. The fourth-order valence-corrected chi connectivity index (χ4v) is 2.62. The fraction of sp³-hybridized carbons (Fsp3) is 0.111. The van der Waals surface area contributed by atoms with Gasteiger partial charge in [-0.05, 0) is 18.2 Å². The second-order valence-electron chi connectivity index (χ2n) is 3.35. The summed E-state index contributed by atoms with van der Waals surface area (Å²) in [5, 5.41) is 3.76. The summed E-state index contributed by atoms with van der Waals surface area (Å²) in [4.78, 5) is 3.61. The SMILES string of the molecule is Nc1ccc(Cl)cc1S(=O)(=O)NCc1ncon1. The smallest absolute Gasteiger partial charge is 0.243 e. The highest BCUT2D eigenvalue weighted by atomic mass is 35.5. The van der Waals surface area contributed by atoms with Gasteiger partial charge in [-0.2, -0.15) is 4.98 Å². The lowest BCUT2D eigenvalue weighted by Crippen LogP contribution is -2.24. The molecule has 0 spiro atoms. The van der Waals surface area contributed by atoms with Gasteiger partial charge in [-0.25, -0.2) is 13.1 Å². The number of benzene rings is 1. The first-order valence-corrected chi connectivity index (χ1v) is 6.65. The summed E-state index contributed by atoms with van der Waals surface area (Å²) in [6.07, 6.45) is 1.11. The van der Waals surface area contributed by atoms with Gasteiger partial charge < -0.3 is 10.3 Å². The molecule has 9 heteroatoms. The second-order valence-corrected chi connectivity index (χ2v) is 5.53. The highest BCUT2D eigenvalue weighted by Gasteiger charge is 2.18. The Bertz CT molecular complexity index is 642. The number of sulfonamides is 1. The van der Waals surface area contributed by atoms with Gasteiger partial charge in [0.2, 0.25) is 16.4 Å². The standard InChI is InChI=1S/C9H9ClN4O3S/c10-6-1-2-7(11)8(3-6)18(15,16)13-4-9-12-5-17-14-9/h1-3,5,13H,4,11H2. The van der Waals surface area contributed by atoms with Crippen molar-refractivity contribution in [1.82, 2.24) is 14.9 Å². The third-order valence-electron chi connectivity index (χ3n) is 2.09. The van der Waals surface area contributed by atoms with Crippen molar-refractivity contribution < 1.29 is 12.9 Å². The van der Waals surface area contributed by atoms with Gasteiger partial charge in [0, 0.05) is 5.02 Å². The predicted molar refractivity (Wildman–Crippen MR) is 64.2 cm³/mol. The molecule has 3 N–H and O–H groups in total. The summed E-state index contributed by atoms with van der Waals surface area (Å²) in [5.74, 6) is 0.221. The molecular weight excluding hydrogens is 280 g/mol. The molecule has 0 aliphatic heterocycles. The maximum Gasteiger partial charge on any atom is 0.243 e. The highest BCUT2D eigenvalue weighted by Crippen LogP contribution is 2.22. The van der Waals surface area contributed by atoms with Crippen LogP contribution in [0.4, 0.5) is 5.69 Å². The van der Waals surface area contributed by atoms with Gasteiger partial charge in [-0.3, -0.25) is 0 Å². The summed E-state index contributed by atoms with van der Waals surface area (Å²) in [5.41, 5.74) is 5.71. The zero-order chi connectivity index (χ0) is 13.2. The quantitative estimate of drug-likeness (QED) is 0.804. The topological polar surface area (TPSA) is 111 Å². The minimum absolute atomic E-state index is 0.0847. The van der Waals surface area contributed by atoms with Crippen LogP contribution in [0.15, 0.2) is 34.0 Å². The van der Waals surface area contributed by atoms with Crippen LogP contribution >= 0.6 is 11.6 Å². The third kappa shape index (κ3) is 2.78. The monoisotopic (exact) mass is 288 g/mol. The molecule has 1 heterocycles. The van der Waals surface area contributed by atoms with Crippen molar-refractivity contribution in [3.8, 4) is 0 Å². The number of hydrogen-bond acceptors (Lipinski definition) is 6. The van der Waals surface area contributed by atoms with Crippen molar-refractivity contribution in [1.29, 1.82) is 0 Å². The first-order valence-electron chi connectivity index (χ1n) is 4.79.